The molecule has 0 unspecified atom stereocenters. The maximum absolute atomic E-state index is 12.3. The number of benzene rings is 1. The summed E-state index contributed by atoms with van der Waals surface area (Å²) in [5, 5.41) is 12.0. The number of likely N-dealkylation sites (N-methyl/N-ethyl adjacent to an activating group) is 1. The zero-order valence-corrected chi connectivity index (χ0v) is 17.3. The lowest BCUT2D eigenvalue weighted by Crippen LogP contribution is -2.48. The number of nitrogens with zero attached hydrogens (tertiary/aromatic N) is 2. The fourth-order valence-electron chi connectivity index (χ4n) is 3.49. The van der Waals surface area contributed by atoms with Gasteiger partial charge in [-0.15, -0.1) is 12.4 Å². The first kappa shape index (κ1) is 23.4. The van der Waals surface area contributed by atoms with Gasteiger partial charge in [-0.25, -0.2) is 0 Å². The summed E-state index contributed by atoms with van der Waals surface area (Å²) in [6.45, 7) is 9.11. The van der Waals surface area contributed by atoms with E-state index in [9.17, 15) is 9.59 Å². The molecular formula is C20H32ClN3O3. The number of piperidine rings is 1. The summed E-state index contributed by atoms with van der Waals surface area (Å²) >= 11 is 0. The van der Waals surface area contributed by atoms with Gasteiger partial charge in [0.05, 0.1) is 13.1 Å². The van der Waals surface area contributed by atoms with Crippen LogP contribution in [-0.2, 0) is 9.59 Å². The molecule has 1 aliphatic rings. The van der Waals surface area contributed by atoms with Gasteiger partial charge in [-0.2, -0.15) is 0 Å². The Morgan fingerprint density at radius 1 is 1.30 bits per heavy atom. The van der Waals surface area contributed by atoms with Crippen LogP contribution in [0.1, 0.15) is 45.1 Å². The average Bonchev–Trinajstić information content (AvgIpc) is 2.60. The second kappa shape index (κ2) is 11.3. The maximum Gasteiger partial charge on any atom is 0.317 e. The van der Waals surface area contributed by atoms with Crippen LogP contribution in [0.2, 0.25) is 0 Å². The van der Waals surface area contributed by atoms with Crippen molar-refractivity contribution in [1.82, 2.24) is 9.80 Å². The van der Waals surface area contributed by atoms with Crippen LogP contribution in [0.25, 0.3) is 0 Å². The summed E-state index contributed by atoms with van der Waals surface area (Å²) in [5.74, 6) is -0.349. The molecule has 1 aromatic carbocycles. The van der Waals surface area contributed by atoms with Crippen LogP contribution in [0.15, 0.2) is 24.3 Å². The van der Waals surface area contributed by atoms with Crippen molar-refractivity contribution in [3.05, 3.63) is 29.8 Å². The van der Waals surface area contributed by atoms with E-state index in [0.29, 0.717) is 12.5 Å². The lowest BCUT2D eigenvalue weighted by Gasteiger charge is -2.37. The van der Waals surface area contributed by atoms with Gasteiger partial charge in [0.2, 0.25) is 5.91 Å². The lowest BCUT2D eigenvalue weighted by molar-refractivity contribution is -0.139. The van der Waals surface area contributed by atoms with E-state index in [0.717, 1.165) is 38.2 Å². The number of hydrogen-bond donors (Lipinski definition) is 2. The Hall–Kier alpha value is -1.63. The fraction of sp³-hybridized carbons (Fsp3) is 0.600. The summed E-state index contributed by atoms with van der Waals surface area (Å²) in [5.41, 5.74) is 2.05. The molecule has 1 aliphatic heterocycles. The Morgan fingerprint density at radius 2 is 1.96 bits per heavy atom. The molecule has 1 saturated heterocycles. The molecule has 0 atom stereocenters. The molecule has 6 nitrogen and oxygen atoms in total. The van der Waals surface area contributed by atoms with Crippen molar-refractivity contribution in [2.24, 2.45) is 0 Å². The number of carbonyl (C=O) groups excluding carboxylic acids is 1. The number of halogens is 1. The molecule has 0 aromatic heterocycles. The second-order valence-electron chi connectivity index (χ2n) is 7.29. The van der Waals surface area contributed by atoms with Gasteiger partial charge in [-0.3, -0.25) is 19.4 Å². The van der Waals surface area contributed by atoms with E-state index in [1.165, 1.54) is 5.56 Å². The van der Waals surface area contributed by atoms with Crippen molar-refractivity contribution in [3.8, 4) is 0 Å². The zero-order chi connectivity index (χ0) is 19.1. The topological polar surface area (TPSA) is 72.9 Å². The monoisotopic (exact) mass is 397 g/mol. The van der Waals surface area contributed by atoms with Crippen molar-refractivity contribution in [3.63, 3.8) is 0 Å². The van der Waals surface area contributed by atoms with Crippen LogP contribution in [0.4, 0.5) is 5.69 Å². The third-order valence-electron chi connectivity index (χ3n) is 5.02. The molecule has 27 heavy (non-hydrogen) atoms. The Bertz CT molecular complexity index is 616. The number of carboxylic acids is 1. The van der Waals surface area contributed by atoms with Gasteiger partial charge in [-0.05, 0) is 43.0 Å². The van der Waals surface area contributed by atoms with E-state index in [4.69, 9.17) is 5.11 Å². The maximum atomic E-state index is 12.3. The molecule has 0 bridgehead atoms. The standard InChI is InChI=1S/C20H31N3O3.ClH/c1-4-23(14-20(25)26)18-8-10-22(11-9-18)13-19(24)21-17-7-5-6-16(12-17)15(2)3;/h5-7,12,15,18H,4,8-11,13-14H2,1-3H3,(H,21,24)(H,25,26);1H. The van der Waals surface area contributed by atoms with E-state index in [2.05, 4.69) is 30.1 Å². The largest absolute Gasteiger partial charge is 0.480 e. The van der Waals surface area contributed by atoms with Crippen molar-refractivity contribution < 1.29 is 14.7 Å². The Balaban J connectivity index is 0.00000364. The first-order valence-corrected chi connectivity index (χ1v) is 9.47. The Kier molecular flexibility index (Phi) is 9.77. The molecule has 0 saturated carbocycles. The van der Waals surface area contributed by atoms with Crippen LogP contribution in [0, 0.1) is 0 Å². The molecule has 2 rings (SSSR count). The molecule has 2 N–H and O–H groups in total. The second-order valence-corrected chi connectivity index (χ2v) is 7.29. The number of anilines is 1. The van der Waals surface area contributed by atoms with E-state index >= 15 is 0 Å². The lowest BCUT2D eigenvalue weighted by atomic mass is 10.0. The van der Waals surface area contributed by atoms with Crippen LogP contribution in [0.5, 0.6) is 0 Å². The number of hydrogen-bond acceptors (Lipinski definition) is 4. The molecule has 0 radical (unpaired) electrons. The van der Waals surface area contributed by atoms with E-state index in [-0.39, 0.29) is 30.9 Å². The van der Waals surface area contributed by atoms with Gasteiger partial charge < -0.3 is 10.4 Å². The van der Waals surface area contributed by atoms with Crippen LogP contribution in [0.3, 0.4) is 0 Å². The highest BCUT2D eigenvalue weighted by molar-refractivity contribution is 5.92. The molecule has 1 fully saturated rings. The number of likely N-dealkylation sites (tertiary alicyclic amines) is 1. The summed E-state index contributed by atoms with van der Waals surface area (Å²) in [6, 6.07) is 8.28. The molecular weight excluding hydrogens is 366 g/mol. The number of carbonyl (C=O) groups is 2. The first-order valence-electron chi connectivity index (χ1n) is 9.47. The molecule has 1 amide bonds. The minimum absolute atomic E-state index is 0. The first-order chi connectivity index (χ1) is 12.4. The van der Waals surface area contributed by atoms with Crippen molar-refractivity contribution >= 4 is 30.0 Å². The third-order valence-corrected chi connectivity index (χ3v) is 5.02. The van der Waals surface area contributed by atoms with E-state index < -0.39 is 5.97 Å². The Morgan fingerprint density at radius 3 is 2.52 bits per heavy atom. The van der Waals surface area contributed by atoms with Gasteiger partial charge in [-0.1, -0.05) is 32.9 Å². The minimum atomic E-state index is -0.780. The third kappa shape index (κ3) is 7.48. The number of amides is 1. The number of carboxylic acid groups (broad SMARTS) is 1. The zero-order valence-electron chi connectivity index (χ0n) is 16.5. The molecule has 1 heterocycles. The summed E-state index contributed by atoms with van der Waals surface area (Å²) in [7, 11) is 0. The number of nitrogens with one attached hydrogen (secondary N) is 1. The summed E-state index contributed by atoms with van der Waals surface area (Å²) in [4.78, 5) is 27.5. The quantitative estimate of drug-likeness (QED) is 0.705. The van der Waals surface area contributed by atoms with Crippen LogP contribution in [-0.4, -0.2) is 65.5 Å². The number of aliphatic carboxylic acids is 1. The molecule has 7 heteroatoms. The predicted molar refractivity (Wildman–Crippen MR) is 111 cm³/mol. The SMILES string of the molecule is CCN(CC(=O)O)C1CCN(CC(=O)Nc2cccc(C(C)C)c2)CC1.Cl. The highest BCUT2D eigenvalue weighted by Crippen LogP contribution is 2.19. The molecule has 152 valence electrons. The minimum Gasteiger partial charge on any atom is -0.480 e. The van der Waals surface area contributed by atoms with Gasteiger partial charge in [0, 0.05) is 24.8 Å². The predicted octanol–water partition coefficient (Wildman–Crippen LogP) is 3.04. The summed E-state index contributed by atoms with van der Waals surface area (Å²) < 4.78 is 0. The van der Waals surface area contributed by atoms with Crippen LogP contribution < -0.4 is 5.32 Å². The van der Waals surface area contributed by atoms with Crippen LogP contribution >= 0.6 is 12.4 Å². The van der Waals surface area contributed by atoms with Crippen molar-refractivity contribution in [2.45, 2.75) is 45.6 Å². The summed E-state index contributed by atoms with van der Waals surface area (Å²) in [6.07, 6.45) is 1.80. The highest BCUT2D eigenvalue weighted by atomic mass is 35.5. The van der Waals surface area contributed by atoms with E-state index in [1.807, 2.05) is 30.0 Å². The normalized spacial score (nSPS) is 15.6. The molecule has 0 aliphatic carbocycles. The smallest absolute Gasteiger partial charge is 0.317 e. The van der Waals surface area contributed by atoms with Gasteiger partial charge >= 0.3 is 5.97 Å². The molecule has 0 spiro atoms. The molecule has 1 aromatic rings. The average molecular weight is 398 g/mol. The number of rotatable bonds is 8. The highest BCUT2D eigenvalue weighted by Gasteiger charge is 2.25. The van der Waals surface area contributed by atoms with Crippen molar-refractivity contribution in [1.29, 1.82) is 0 Å². The van der Waals surface area contributed by atoms with Gasteiger partial charge in [0.1, 0.15) is 0 Å². The van der Waals surface area contributed by atoms with Gasteiger partial charge in [0.15, 0.2) is 0 Å². The van der Waals surface area contributed by atoms with E-state index in [1.54, 1.807) is 0 Å². The fourth-order valence-corrected chi connectivity index (χ4v) is 3.49. The Labute approximate surface area is 168 Å². The van der Waals surface area contributed by atoms with Crippen molar-refractivity contribution in [2.75, 3.05) is 38.0 Å². The van der Waals surface area contributed by atoms with Gasteiger partial charge in [0.25, 0.3) is 0 Å².